The van der Waals surface area contributed by atoms with Gasteiger partial charge in [-0.15, -0.1) is 0 Å². The third kappa shape index (κ3) is 3.61. The fraction of sp³-hybridized carbons (Fsp3) is 0.625. The first-order chi connectivity index (χ1) is 9.52. The van der Waals surface area contributed by atoms with Crippen LogP contribution in [0.15, 0.2) is 22.7 Å². The molecule has 0 spiro atoms. The van der Waals surface area contributed by atoms with Gasteiger partial charge in [-0.3, -0.25) is 4.90 Å². The van der Waals surface area contributed by atoms with Crippen molar-refractivity contribution in [3.05, 3.63) is 33.8 Å². The molecule has 1 fully saturated rings. The maximum absolute atomic E-state index is 6.11. The summed E-state index contributed by atoms with van der Waals surface area (Å²) in [6, 6.07) is 7.53. The molecule has 1 heterocycles. The molecule has 2 rings (SSSR count). The third-order valence-electron chi connectivity index (χ3n) is 4.14. The van der Waals surface area contributed by atoms with Crippen molar-refractivity contribution in [2.24, 2.45) is 5.73 Å². The number of benzene rings is 1. The zero-order chi connectivity index (χ0) is 14.7. The van der Waals surface area contributed by atoms with Gasteiger partial charge in [0, 0.05) is 29.6 Å². The van der Waals surface area contributed by atoms with Crippen molar-refractivity contribution in [2.45, 2.75) is 31.8 Å². The molecular weight excluding hydrogens is 314 g/mol. The van der Waals surface area contributed by atoms with Crippen LogP contribution in [0.4, 0.5) is 0 Å². The maximum Gasteiger partial charge on any atom is 0.0485 e. The molecule has 0 aliphatic carbocycles. The minimum Gasteiger partial charge on any atom is -0.329 e. The van der Waals surface area contributed by atoms with Crippen LogP contribution >= 0.6 is 15.9 Å². The second-order valence-electron chi connectivity index (χ2n) is 6.07. The molecule has 20 heavy (non-hydrogen) atoms. The van der Waals surface area contributed by atoms with Gasteiger partial charge >= 0.3 is 0 Å². The molecule has 0 radical (unpaired) electrons. The van der Waals surface area contributed by atoms with Crippen LogP contribution in [-0.2, 0) is 0 Å². The van der Waals surface area contributed by atoms with Crippen LogP contribution in [0, 0.1) is 6.92 Å². The van der Waals surface area contributed by atoms with Crippen LogP contribution in [0.3, 0.4) is 0 Å². The minimum absolute atomic E-state index is 0.317. The normalized spacial score (nSPS) is 21.6. The standard InChI is InChI=1S/C16H26BrN3/c1-12-6-7-14(15(17)9-12)16(10-18)20-8-4-5-13(20)11-19(2)3/h6-7,9,13,16H,4-5,8,10-11,18H2,1-3H3. The number of nitrogens with zero attached hydrogens (tertiary/aromatic N) is 2. The smallest absolute Gasteiger partial charge is 0.0485 e. The third-order valence-corrected chi connectivity index (χ3v) is 4.82. The SMILES string of the molecule is Cc1ccc(C(CN)N2CCCC2CN(C)C)c(Br)c1. The summed E-state index contributed by atoms with van der Waals surface area (Å²) in [5.41, 5.74) is 8.71. The Labute approximate surface area is 131 Å². The molecule has 1 aromatic rings. The van der Waals surface area contributed by atoms with Crippen molar-refractivity contribution in [3.63, 3.8) is 0 Å². The van der Waals surface area contributed by atoms with Gasteiger partial charge in [0.25, 0.3) is 0 Å². The van der Waals surface area contributed by atoms with E-state index in [4.69, 9.17) is 5.73 Å². The number of aryl methyl sites for hydroxylation is 1. The van der Waals surface area contributed by atoms with Gasteiger partial charge in [-0.05, 0) is 57.6 Å². The van der Waals surface area contributed by atoms with Crippen molar-refractivity contribution < 1.29 is 0 Å². The molecule has 0 amide bonds. The van der Waals surface area contributed by atoms with Crippen molar-refractivity contribution in [3.8, 4) is 0 Å². The van der Waals surface area contributed by atoms with Gasteiger partial charge in [0.1, 0.15) is 0 Å². The van der Waals surface area contributed by atoms with E-state index in [0.29, 0.717) is 18.6 Å². The molecule has 1 saturated heterocycles. The topological polar surface area (TPSA) is 32.5 Å². The molecule has 0 bridgehead atoms. The van der Waals surface area contributed by atoms with E-state index in [9.17, 15) is 0 Å². The number of rotatable bonds is 5. The molecule has 0 aromatic heterocycles. The quantitative estimate of drug-likeness (QED) is 0.895. The second kappa shape index (κ2) is 7.03. The average Bonchev–Trinajstić information content (AvgIpc) is 2.80. The molecule has 1 aromatic carbocycles. The molecule has 4 heteroatoms. The highest BCUT2D eigenvalue weighted by Crippen LogP contribution is 2.33. The first-order valence-electron chi connectivity index (χ1n) is 7.39. The van der Waals surface area contributed by atoms with Gasteiger partial charge in [-0.2, -0.15) is 0 Å². The van der Waals surface area contributed by atoms with Gasteiger partial charge in [-0.25, -0.2) is 0 Å². The first kappa shape index (κ1) is 16.0. The summed E-state index contributed by atoms with van der Waals surface area (Å²) >= 11 is 3.71. The predicted octanol–water partition coefficient (Wildman–Crippen LogP) is 2.78. The number of hydrogen-bond donors (Lipinski definition) is 1. The summed E-state index contributed by atoms with van der Waals surface area (Å²) in [4.78, 5) is 4.87. The van der Waals surface area contributed by atoms with E-state index in [0.717, 1.165) is 13.1 Å². The number of halogens is 1. The Morgan fingerprint density at radius 1 is 1.45 bits per heavy atom. The zero-order valence-electron chi connectivity index (χ0n) is 12.8. The van der Waals surface area contributed by atoms with E-state index in [1.807, 2.05) is 0 Å². The number of likely N-dealkylation sites (tertiary alicyclic amines) is 1. The van der Waals surface area contributed by atoms with Crippen molar-refractivity contribution in [2.75, 3.05) is 33.7 Å². The van der Waals surface area contributed by atoms with E-state index in [2.05, 4.69) is 64.9 Å². The highest BCUT2D eigenvalue weighted by atomic mass is 79.9. The van der Waals surface area contributed by atoms with E-state index < -0.39 is 0 Å². The molecular formula is C16H26BrN3. The fourth-order valence-electron chi connectivity index (χ4n) is 3.23. The van der Waals surface area contributed by atoms with Gasteiger partial charge in [0.05, 0.1) is 0 Å². The van der Waals surface area contributed by atoms with Crippen molar-refractivity contribution >= 4 is 15.9 Å². The minimum atomic E-state index is 0.317. The molecule has 3 nitrogen and oxygen atoms in total. The molecule has 112 valence electrons. The average molecular weight is 340 g/mol. The molecule has 0 saturated carbocycles. The Morgan fingerprint density at radius 2 is 2.20 bits per heavy atom. The lowest BCUT2D eigenvalue weighted by molar-refractivity contribution is 0.155. The maximum atomic E-state index is 6.11. The highest BCUT2D eigenvalue weighted by molar-refractivity contribution is 9.10. The molecule has 1 aliphatic rings. The molecule has 2 unspecified atom stereocenters. The Kier molecular flexibility index (Phi) is 5.61. The van der Waals surface area contributed by atoms with Crippen molar-refractivity contribution in [1.29, 1.82) is 0 Å². The van der Waals surface area contributed by atoms with Gasteiger partial charge < -0.3 is 10.6 Å². The first-order valence-corrected chi connectivity index (χ1v) is 8.18. The van der Waals surface area contributed by atoms with Crippen LogP contribution in [0.25, 0.3) is 0 Å². The lowest BCUT2D eigenvalue weighted by Gasteiger charge is -2.34. The fourth-order valence-corrected chi connectivity index (χ4v) is 3.99. The summed E-state index contributed by atoms with van der Waals surface area (Å²) < 4.78 is 1.18. The summed E-state index contributed by atoms with van der Waals surface area (Å²) in [5, 5.41) is 0. The zero-order valence-corrected chi connectivity index (χ0v) is 14.4. The number of hydrogen-bond acceptors (Lipinski definition) is 3. The Bertz CT molecular complexity index is 447. The Hall–Kier alpha value is -0.420. The number of likely N-dealkylation sites (N-methyl/N-ethyl adjacent to an activating group) is 1. The summed E-state index contributed by atoms with van der Waals surface area (Å²) in [7, 11) is 4.30. The lowest BCUT2D eigenvalue weighted by Crippen LogP contribution is -2.42. The predicted molar refractivity (Wildman–Crippen MR) is 89.0 cm³/mol. The van der Waals surface area contributed by atoms with Gasteiger partial charge in [0.2, 0.25) is 0 Å². The molecule has 1 aliphatic heterocycles. The highest BCUT2D eigenvalue weighted by Gasteiger charge is 2.31. The van der Waals surface area contributed by atoms with Crippen LogP contribution in [0.2, 0.25) is 0 Å². The van der Waals surface area contributed by atoms with Gasteiger partial charge in [0.15, 0.2) is 0 Å². The van der Waals surface area contributed by atoms with E-state index in [1.54, 1.807) is 0 Å². The largest absolute Gasteiger partial charge is 0.329 e. The number of nitrogens with two attached hydrogens (primary N) is 1. The molecule has 2 N–H and O–H groups in total. The van der Waals surface area contributed by atoms with E-state index >= 15 is 0 Å². The van der Waals surface area contributed by atoms with Gasteiger partial charge in [-0.1, -0.05) is 28.1 Å². The monoisotopic (exact) mass is 339 g/mol. The summed E-state index contributed by atoms with van der Waals surface area (Å²) in [6.07, 6.45) is 2.55. The summed E-state index contributed by atoms with van der Waals surface area (Å²) in [6.45, 7) is 5.06. The lowest BCUT2D eigenvalue weighted by atomic mass is 10.0. The van der Waals surface area contributed by atoms with Crippen LogP contribution < -0.4 is 5.73 Å². The molecule has 2 atom stereocenters. The Balaban J connectivity index is 2.22. The summed E-state index contributed by atoms with van der Waals surface area (Å²) in [5.74, 6) is 0. The second-order valence-corrected chi connectivity index (χ2v) is 6.93. The van der Waals surface area contributed by atoms with Crippen molar-refractivity contribution in [1.82, 2.24) is 9.80 Å². The van der Waals surface area contributed by atoms with Crippen LogP contribution in [0.5, 0.6) is 0 Å². The Morgan fingerprint density at radius 3 is 2.80 bits per heavy atom. The van der Waals surface area contributed by atoms with E-state index in [-0.39, 0.29) is 0 Å². The van der Waals surface area contributed by atoms with E-state index in [1.165, 1.54) is 28.4 Å². The van der Waals surface area contributed by atoms with Crippen LogP contribution in [-0.4, -0.2) is 49.6 Å². The van der Waals surface area contributed by atoms with Crippen LogP contribution in [0.1, 0.15) is 30.0 Å².